The Morgan fingerprint density at radius 3 is 2.72 bits per heavy atom. The van der Waals surface area contributed by atoms with Crippen molar-refractivity contribution in [3.8, 4) is 0 Å². The molecule has 4 rings (SSSR count). The number of benzene rings is 2. The summed E-state index contributed by atoms with van der Waals surface area (Å²) in [6, 6.07) is 13.2. The summed E-state index contributed by atoms with van der Waals surface area (Å²) in [5.74, 6) is -0.892. The van der Waals surface area contributed by atoms with Crippen molar-refractivity contribution in [2.24, 2.45) is 5.92 Å². The fourth-order valence-electron chi connectivity index (χ4n) is 4.93. The van der Waals surface area contributed by atoms with E-state index in [2.05, 4.69) is 17.2 Å². The summed E-state index contributed by atoms with van der Waals surface area (Å²) in [5, 5.41) is 17.8. The number of nitrogens with zero attached hydrogens (tertiary/aromatic N) is 4. The van der Waals surface area contributed by atoms with Crippen LogP contribution >= 0.6 is 0 Å². The van der Waals surface area contributed by atoms with Gasteiger partial charge in [-0.25, -0.2) is 8.42 Å². The van der Waals surface area contributed by atoms with E-state index in [9.17, 15) is 18.3 Å². The van der Waals surface area contributed by atoms with Gasteiger partial charge in [0.15, 0.2) is 0 Å². The highest BCUT2D eigenvalue weighted by atomic mass is 32.2. The van der Waals surface area contributed by atoms with E-state index in [0.29, 0.717) is 30.7 Å². The molecule has 0 saturated heterocycles. The number of hydrogen-bond acceptors (Lipinski definition) is 5. The van der Waals surface area contributed by atoms with Crippen LogP contribution in [0.15, 0.2) is 53.6 Å². The third-order valence-corrected chi connectivity index (χ3v) is 8.86. The Kier molecular flexibility index (Phi) is 7.90. The Labute approximate surface area is 213 Å². The molecule has 0 radical (unpaired) electrons. The van der Waals surface area contributed by atoms with Gasteiger partial charge in [-0.3, -0.25) is 9.48 Å². The summed E-state index contributed by atoms with van der Waals surface area (Å²) in [4.78, 5) is 12.1. The first-order valence-corrected chi connectivity index (χ1v) is 13.9. The SMILES string of the molecule is CCn1cc(CCC(CC(=O)O)c2ccc(C)c(CN3C[C@@H](C)Cc4ccccc4S3(=O)=O)c2)nn1. The van der Waals surface area contributed by atoms with Crippen molar-refractivity contribution in [2.45, 2.75) is 70.4 Å². The Balaban J connectivity index is 1.60. The minimum Gasteiger partial charge on any atom is -0.481 e. The van der Waals surface area contributed by atoms with E-state index in [1.807, 2.05) is 50.4 Å². The first-order chi connectivity index (χ1) is 17.2. The van der Waals surface area contributed by atoms with Crippen LogP contribution in [0.5, 0.6) is 0 Å². The number of rotatable bonds is 9. The van der Waals surface area contributed by atoms with Crippen LogP contribution in [0.2, 0.25) is 0 Å². The molecule has 3 aromatic rings. The third-order valence-electron chi connectivity index (χ3n) is 6.95. The maximum absolute atomic E-state index is 13.6. The molecule has 1 aliphatic rings. The lowest BCUT2D eigenvalue weighted by atomic mass is 9.88. The van der Waals surface area contributed by atoms with Gasteiger partial charge in [0.2, 0.25) is 10.0 Å². The molecule has 36 heavy (non-hydrogen) atoms. The van der Waals surface area contributed by atoms with Gasteiger partial charge in [0.1, 0.15) is 0 Å². The lowest BCUT2D eigenvalue weighted by Gasteiger charge is -2.24. The maximum Gasteiger partial charge on any atom is 0.303 e. The first kappa shape index (κ1) is 26.0. The molecule has 1 N–H and O–H groups in total. The number of aryl methyl sites for hydroxylation is 3. The van der Waals surface area contributed by atoms with Crippen molar-refractivity contribution in [1.82, 2.24) is 19.3 Å². The van der Waals surface area contributed by atoms with Gasteiger partial charge < -0.3 is 5.11 Å². The lowest BCUT2D eigenvalue weighted by molar-refractivity contribution is -0.137. The Morgan fingerprint density at radius 2 is 2.00 bits per heavy atom. The van der Waals surface area contributed by atoms with E-state index in [1.54, 1.807) is 21.1 Å². The number of carboxylic acid groups (broad SMARTS) is 1. The van der Waals surface area contributed by atoms with Crippen LogP contribution in [0.1, 0.15) is 60.6 Å². The highest BCUT2D eigenvalue weighted by molar-refractivity contribution is 7.89. The fraction of sp³-hybridized carbons (Fsp3) is 0.444. The quantitative estimate of drug-likeness (QED) is 0.463. The Morgan fingerprint density at radius 1 is 1.22 bits per heavy atom. The summed E-state index contributed by atoms with van der Waals surface area (Å²) < 4.78 is 30.5. The molecular weight excluding hydrogens is 476 g/mol. The van der Waals surface area contributed by atoms with Gasteiger partial charge in [-0.1, -0.05) is 48.5 Å². The van der Waals surface area contributed by atoms with E-state index in [0.717, 1.165) is 34.5 Å². The molecule has 1 aromatic heterocycles. The van der Waals surface area contributed by atoms with Crippen molar-refractivity contribution < 1.29 is 18.3 Å². The van der Waals surface area contributed by atoms with Crippen LogP contribution < -0.4 is 0 Å². The van der Waals surface area contributed by atoms with E-state index in [-0.39, 0.29) is 24.8 Å². The van der Waals surface area contributed by atoms with Crippen molar-refractivity contribution in [1.29, 1.82) is 0 Å². The van der Waals surface area contributed by atoms with Gasteiger partial charge in [0, 0.05) is 25.8 Å². The second-order valence-electron chi connectivity index (χ2n) is 9.80. The highest BCUT2D eigenvalue weighted by Crippen LogP contribution is 2.31. The summed E-state index contributed by atoms with van der Waals surface area (Å²) in [5.41, 5.74) is 4.48. The molecule has 1 unspecified atom stereocenters. The molecule has 0 spiro atoms. The van der Waals surface area contributed by atoms with E-state index < -0.39 is 16.0 Å². The zero-order chi connectivity index (χ0) is 25.9. The molecule has 0 fully saturated rings. The molecule has 0 aliphatic carbocycles. The molecule has 0 saturated carbocycles. The van der Waals surface area contributed by atoms with Gasteiger partial charge in [-0.15, -0.1) is 5.10 Å². The number of hydrogen-bond donors (Lipinski definition) is 1. The molecule has 0 amide bonds. The molecule has 2 aromatic carbocycles. The molecular formula is C27H34N4O4S. The van der Waals surface area contributed by atoms with Crippen LogP contribution in [0.3, 0.4) is 0 Å². The van der Waals surface area contributed by atoms with E-state index in [4.69, 9.17) is 0 Å². The standard InChI is InChI=1S/C27H34N4O4S/c1-4-30-18-25(28-29-30)12-11-22(15-27(32)33)21-10-9-20(3)24(14-21)17-31-16-19(2)13-23-7-5-6-8-26(23)36(31,34)35/h5-10,14,18-19,22H,4,11-13,15-17H2,1-3H3,(H,32,33)/t19-,22?/m0/s1. The van der Waals surface area contributed by atoms with E-state index in [1.165, 1.54) is 0 Å². The second kappa shape index (κ2) is 10.9. The normalized spacial score (nSPS) is 18.4. The molecule has 0 bridgehead atoms. The zero-order valence-electron chi connectivity index (χ0n) is 21.1. The van der Waals surface area contributed by atoms with Gasteiger partial charge >= 0.3 is 5.97 Å². The summed E-state index contributed by atoms with van der Waals surface area (Å²) in [7, 11) is -3.64. The number of carbonyl (C=O) groups is 1. The van der Waals surface area contributed by atoms with Crippen molar-refractivity contribution in [3.63, 3.8) is 0 Å². The predicted molar refractivity (Wildman–Crippen MR) is 137 cm³/mol. The number of aliphatic carboxylic acids is 1. The van der Waals surface area contributed by atoms with Gasteiger partial charge in [-0.05, 0) is 73.3 Å². The van der Waals surface area contributed by atoms with Crippen LogP contribution in [0.25, 0.3) is 0 Å². The molecule has 2 atom stereocenters. The molecule has 1 aliphatic heterocycles. The maximum atomic E-state index is 13.6. The van der Waals surface area contributed by atoms with Crippen molar-refractivity contribution >= 4 is 16.0 Å². The third kappa shape index (κ3) is 5.84. The van der Waals surface area contributed by atoms with Crippen LogP contribution in [0, 0.1) is 12.8 Å². The average Bonchev–Trinajstić information content (AvgIpc) is 3.27. The minimum atomic E-state index is -3.64. The molecule has 9 heteroatoms. The molecule has 2 heterocycles. The Bertz CT molecular complexity index is 1340. The number of carboxylic acids is 1. The molecule has 192 valence electrons. The number of fused-ring (bicyclic) bond motifs is 1. The topological polar surface area (TPSA) is 105 Å². The lowest BCUT2D eigenvalue weighted by Crippen LogP contribution is -2.33. The predicted octanol–water partition coefficient (Wildman–Crippen LogP) is 4.18. The smallest absolute Gasteiger partial charge is 0.303 e. The highest BCUT2D eigenvalue weighted by Gasteiger charge is 2.32. The summed E-state index contributed by atoms with van der Waals surface area (Å²) >= 11 is 0. The second-order valence-corrected chi connectivity index (χ2v) is 11.7. The zero-order valence-corrected chi connectivity index (χ0v) is 21.9. The minimum absolute atomic E-state index is 0.00314. The van der Waals surface area contributed by atoms with Crippen LogP contribution in [-0.4, -0.2) is 45.3 Å². The number of aromatic nitrogens is 3. The van der Waals surface area contributed by atoms with Gasteiger partial charge in [-0.2, -0.15) is 4.31 Å². The van der Waals surface area contributed by atoms with Crippen LogP contribution in [-0.2, 0) is 40.7 Å². The average molecular weight is 511 g/mol. The Hall–Kier alpha value is -3.04. The van der Waals surface area contributed by atoms with Crippen molar-refractivity contribution in [2.75, 3.05) is 6.54 Å². The largest absolute Gasteiger partial charge is 0.481 e. The number of sulfonamides is 1. The first-order valence-electron chi connectivity index (χ1n) is 12.5. The molecule has 8 nitrogen and oxygen atoms in total. The van der Waals surface area contributed by atoms with Gasteiger partial charge in [0.25, 0.3) is 0 Å². The van der Waals surface area contributed by atoms with E-state index >= 15 is 0 Å². The van der Waals surface area contributed by atoms with Crippen LogP contribution in [0.4, 0.5) is 0 Å². The summed E-state index contributed by atoms with van der Waals surface area (Å²) in [6.45, 7) is 7.46. The monoisotopic (exact) mass is 510 g/mol. The summed E-state index contributed by atoms with van der Waals surface area (Å²) in [6.07, 6.45) is 3.84. The fourth-order valence-corrected chi connectivity index (χ4v) is 6.70. The van der Waals surface area contributed by atoms with Gasteiger partial charge in [0.05, 0.1) is 17.0 Å². The van der Waals surface area contributed by atoms with Crippen molar-refractivity contribution in [3.05, 3.63) is 76.6 Å².